The molecule has 1 amide bonds. The minimum absolute atomic E-state index is 0.200. The van der Waals surface area contributed by atoms with Gasteiger partial charge >= 0.3 is 0 Å². The van der Waals surface area contributed by atoms with Crippen LogP contribution in [0, 0.1) is 3.83 Å². The average Bonchev–Trinajstić information content (AvgIpc) is 3.02. The molecule has 3 heterocycles. The molecular weight excluding hydrogens is 419 g/mol. The van der Waals surface area contributed by atoms with Gasteiger partial charge in [0.1, 0.15) is 17.7 Å². The number of carbonyl (C=O) groups is 1. The zero-order chi connectivity index (χ0) is 16.7. The van der Waals surface area contributed by atoms with Crippen molar-refractivity contribution in [3.05, 3.63) is 10.2 Å². The van der Waals surface area contributed by atoms with Crippen LogP contribution in [0.5, 0.6) is 0 Å². The van der Waals surface area contributed by atoms with Gasteiger partial charge < -0.3 is 26.0 Å². The van der Waals surface area contributed by atoms with Crippen LogP contribution < -0.4 is 11.1 Å². The Labute approximate surface area is 144 Å². The highest BCUT2D eigenvalue weighted by Gasteiger charge is 2.47. The van der Waals surface area contributed by atoms with Gasteiger partial charge in [-0.15, -0.1) is 0 Å². The van der Waals surface area contributed by atoms with E-state index in [0.29, 0.717) is 21.5 Å². The number of aliphatic hydroxyl groups is 2. The first-order valence-electron chi connectivity index (χ1n) is 6.89. The molecule has 10 nitrogen and oxygen atoms in total. The van der Waals surface area contributed by atoms with Crippen molar-refractivity contribution in [1.29, 1.82) is 0 Å². The summed E-state index contributed by atoms with van der Waals surface area (Å²) in [7, 11) is 0. The Hall–Kier alpha value is -1.57. The second-order valence-corrected chi connectivity index (χ2v) is 5.99. The van der Waals surface area contributed by atoms with Crippen LogP contribution in [0.15, 0.2) is 6.33 Å². The van der Waals surface area contributed by atoms with E-state index in [1.54, 1.807) is 6.92 Å². The third-order valence-electron chi connectivity index (χ3n) is 3.54. The molecule has 1 aliphatic rings. The van der Waals surface area contributed by atoms with Gasteiger partial charge in [0, 0.05) is 29.1 Å². The van der Waals surface area contributed by atoms with Crippen molar-refractivity contribution in [1.82, 2.24) is 24.8 Å². The number of rotatable bonds is 3. The van der Waals surface area contributed by atoms with Crippen LogP contribution in [-0.2, 0) is 9.53 Å². The summed E-state index contributed by atoms with van der Waals surface area (Å²) in [4.78, 5) is 24.2. The lowest BCUT2D eigenvalue weighted by atomic mass is 10.1. The maximum Gasteiger partial charge on any atom is 0.252 e. The molecule has 3 rings (SSSR count). The van der Waals surface area contributed by atoms with E-state index in [9.17, 15) is 15.0 Å². The predicted octanol–water partition coefficient (Wildman–Crippen LogP) is -1.23. The van der Waals surface area contributed by atoms with Crippen molar-refractivity contribution in [3.8, 4) is 0 Å². The summed E-state index contributed by atoms with van der Waals surface area (Å²) in [6.07, 6.45) is -3.47. The first kappa shape index (κ1) is 16.3. The molecule has 5 N–H and O–H groups in total. The first-order chi connectivity index (χ1) is 10.9. The number of aromatic nitrogens is 4. The summed E-state index contributed by atoms with van der Waals surface area (Å²) in [6.45, 7) is 2.14. The summed E-state index contributed by atoms with van der Waals surface area (Å²) < 4.78 is 7.38. The zero-order valence-corrected chi connectivity index (χ0v) is 14.2. The van der Waals surface area contributed by atoms with E-state index < -0.39 is 30.4 Å². The van der Waals surface area contributed by atoms with Crippen molar-refractivity contribution in [2.75, 3.05) is 12.3 Å². The van der Waals surface area contributed by atoms with Gasteiger partial charge in [-0.2, -0.15) is 0 Å². The van der Waals surface area contributed by atoms with Gasteiger partial charge in [-0.25, -0.2) is 15.0 Å². The van der Waals surface area contributed by atoms with Crippen LogP contribution in [-0.4, -0.2) is 60.5 Å². The minimum Gasteiger partial charge on any atom is -0.387 e. The molecule has 0 unspecified atom stereocenters. The number of nitrogens with two attached hydrogens (primary N) is 1. The molecule has 4 atom stereocenters. The maximum absolute atomic E-state index is 11.9. The molecule has 1 aliphatic heterocycles. The number of carbonyl (C=O) groups excluding carboxylic acids is 1. The molecule has 0 aromatic carbocycles. The lowest BCUT2D eigenvalue weighted by molar-refractivity contribution is -0.137. The Morgan fingerprint density at radius 3 is 2.91 bits per heavy atom. The molecule has 1 saturated heterocycles. The van der Waals surface area contributed by atoms with Gasteiger partial charge in [0.05, 0.1) is 6.33 Å². The molecule has 0 bridgehead atoms. The highest BCUT2D eigenvalue weighted by Crippen LogP contribution is 2.32. The van der Waals surface area contributed by atoms with Gasteiger partial charge in [0.2, 0.25) is 0 Å². The first-order valence-corrected chi connectivity index (χ1v) is 7.96. The molecule has 11 heteroatoms. The lowest BCUT2D eigenvalue weighted by Gasteiger charge is -2.16. The number of ether oxygens (including phenoxy) is 1. The number of nitrogen functional groups attached to an aromatic ring is 1. The number of aliphatic hydroxyl groups excluding tert-OH is 2. The molecule has 0 saturated carbocycles. The largest absolute Gasteiger partial charge is 0.387 e. The summed E-state index contributed by atoms with van der Waals surface area (Å²) >= 11 is 1.91. The van der Waals surface area contributed by atoms with Gasteiger partial charge in [-0.3, -0.25) is 9.36 Å². The Balaban J connectivity index is 1.98. The zero-order valence-electron chi connectivity index (χ0n) is 12.0. The van der Waals surface area contributed by atoms with E-state index in [4.69, 9.17) is 10.5 Å². The van der Waals surface area contributed by atoms with E-state index in [1.165, 1.54) is 10.9 Å². The fraction of sp³-hybridized carbons (Fsp3) is 0.500. The molecule has 2 aromatic heterocycles. The van der Waals surface area contributed by atoms with Crippen LogP contribution in [0.3, 0.4) is 0 Å². The Bertz CT molecular complexity index is 752. The maximum atomic E-state index is 11.9. The van der Waals surface area contributed by atoms with Crippen LogP contribution in [0.25, 0.3) is 11.2 Å². The number of hydrogen-bond acceptors (Lipinski definition) is 8. The Kier molecular flexibility index (Phi) is 4.35. The molecular formula is C12H15IN6O4. The fourth-order valence-electron chi connectivity index (χ4n) is 2.48. The summed E-state index contributed by atoms with van der Waals surface area (Å²) in [5, 5.41) is 22.9. The highest BCUT2D eigenvalue weighted by atomic mass is 127. The molecule has 1 fully saturated rings. The van der Waals surface area contributed by atoms with Crippen LogP contribution in [0.2, 0.25) is 0 Å². The third-order valence-corrected chi connectivity index (χ3v) is 4.03. The fourth-order valence-corrected chi connectivity index (χ4v) is 2.97. The van der Waals surface area contributed by atoms with Crippen LogP contribution in [0.1, 0.15) is 13.2 Å². The van der Waals surface area contributed by atoms with E-state index >= 15 is 0 Å². The molecule has 23 heavy (non-hydrogen) atoms. The smallest absolute Gasteiger partial charge is 0.252 e. The van der Waals surface area contributed by atoms with E-state index in [-0.39, 0.29) is 5.82 Å². The van der Waals surface area contributed by atoms with Crippen molar-refractivity contribution in [3.63, 3.8) is 0 Å². The average molecular weight is 434 g/mol. The monoisotopic (exact) mass is 434 g/mol. The van der Waals surface area contributed by atoms with Crippen molar-refractivity contribution in [2.24, 2.45) is 0 Å². The van der Waals surface area contributed by atoms with Crippen molar-refractivity contribution < 1.29 is 19.7 Å². The summed E-state index contributed by atoms with van der Waals surface area (Å²) in [6, 6.07) is 0. The molecule has 124 valence electrons. The SMILES string of the molecule is CCNC(=O)[C@H]1O[C@@H](n2cnc3c(N)nc(I)nc32)[C@@H](O)[C@H]1O. The number of nitrogens with one attached hydrogen (secondary N) is 1. The standard InChI is InChI=1S/C12H15IN6O4/c1-2-15-10(22)7-5(20)6(21)11(23-7)19-3-16-4-8(14)17-12(13)18-9(4)19/h3,5-7,11,20-21H,2H2,1H3,(H,15,22)(H2,14,17,18)/t5-,6+,7+,11-/m1/s1. The number of nitrogens with zero attached hydrogens (tertiary/aromatic N) is 4. The predicted molar refractivity (Wildman–Crippen MR) is 87.1 cm³/mol. The van der Waals surface area contributed by atoms with Crippen molar-refractivity contribution in [2.45, 2.75) is 31.5 Å². The number of hydrogen-bond donors (Lipinski definition) is 4. The summed E-state index contributed by atoms with van der Waals surface area (Å²) in [5.41, 5.74) is 6.51. The van der Waals surface area contributed by atoms with E-state index in [2.05, 4.69) is 20.3 Å². The van der Waals surface area contributed by atoms with Gasteiger partial charge in [0.25, 0.3) is 5.91 Å². The van der Waals surface area contributed by atoms with Crippen LogP contribution in [0.4, 0.5) is 5.82 Å². The molecule has 0 radical (unpaired) electrons. The van der Waals surface area contributed by atoms with Crippen LogP contribution >= 0.6 is 22.6 Å². The Morgan fingerprint density at radius 1 is 1.48 bits per heavy atom. The summed E-state index contributed by atoms with van der Waals surface area (Å²) in [5.74, 6) is -0.291. The number of amides is 1. The van der Waals surface area contributed by atoms with Gasteiger partial charge in [0.15, 0.2) is 27.6 Å². The molecule has 0 aliphatic carbocycles. The Morgan fingerprint density at radius 2 is 2.22 bits per heavy atom. The number of imidazole rings is 1. The lowest BCUT2D eigenvalue weighted by Crippen LogP contribution is -2.42. The van der Waals surface area contributed by atoms with Gasteiger partial charge in [-0.05, 0) is 6.92 Å². The second kappa shape index (κ2) is 6.14. The number of fused-ring (bicyclic) bond motifs is 1. The highest BCUT2D eigenvalue weighted by molar-refractivity contribution is 14.1. The second-order valence-electron chi connectivity index (χ2n) is 5.02. The quantitative estimate of drug-likeness (QED) is 0.347. The number of likely N-dealkylation sites (N-methyl/N-ethyl adjacent to an activating group) is 1. The topological polar surface area (TPSA) is 148 Å². The third kappa shape index (κ3) is 2.73. The molecule has 2 aromatic rings. The van der Waals surface area contributed by atoms with E-state index in [0.717, 1.165) is 0 Å². The van der Waals surface area contributed by atoms with E-state index in [1.807, 2.05) is 22.6 Å². The van der Waals surface area contributed by atoms with Gasteiger partial charge in [-0.1, -0.05) is 0 Å². The molecule has 0 spiro atoms. The minimum atomic E-state index is -1.36. The number of halogens is 1. The van der Waals surface area contributed by atoms with Crippen molar-refractivity contribution >= 4 is 45.5 Å². The number of anilines is 1. The normalized spacial score (nSPS) is 27.5.